The summed E-state index contributed by atoms with van der Waals surface area (Å²) in [7, 11) is -2.61. The quantitative estimate of drug-likeness (QED) is 0.647. The van der Waals surface area contributed by atoms with Crippen molar-refractivity contribution < 1.29 is 17.9 Å². The van der Waals surface area contributed by atoms with Crippen LogP contribution < -0.4 is 14.4 Å². The van der Waals surface area contributed by atoms with Gasteiger partial charge in [-0.05, 0) is 75.1 Å². The number of nitrogens with one attached hydrogen (secondary N) is 1. The Morgan fingerprint density at radius 1 is 1.07 bits per heavy atom. The Morgan fingerprint density at radius 2 is 1.70 bits per heavy atom. The number of sulfonamides is 1. The van der Waals surface area contributed by atoms with E-state index in [0.29, 0.717) is 5.69 Å². The number of amides is 1. The largest absolute Gasteiger partial charge is 0.495 e. The first kappa shape index (κ1) is 23.7. The molecule has 30 heavy (non-hydrogen) atoms. The fourth-order valence-electron chi connectivity index (χ4n) is 3.47. The molecule has 0 aliphatic carbocycles. The minimum Gasteiger partial charge on any atom is -0.495 e. The molecule has 6 nitrogen and oxygen atoms in total. The van der Waals surface area contributed by atoms with Gasteiger partial charge in [-0.15, -0.1) is 0 Å². The van der Waals surface area contributed by atoms with Crippen molar-refractivity contribution in [3.05, 3.63) is 53.1 Å². The second-order valence-corrected chi connectivity index (χ2v) is 9.60. The molecule has 0 spiro atoms. The van der Waals surface area contributed by atoms with Crippen LogP contribution in [0.1, 0.15) is 43.4 Å². The van der Waals surface area contributed by atoms with Gasteiger partial charge in [0.1, 0.15) is 17.2 Å². The third kappa shape index (κ3) is 5.75. The maximum atomic E-state index is 13.7. The summed E-state index contributed by atoms with van der Waals surface area (Å²) >= 11 is 0. The molecule has 0 aliphatic heterocycles. The molecule has 0 saturated heterocycles. The highest BCUT2D eigenvalue weighted by molar-refractivity contribution is 7.93. The number of carbonyl (C=O) groups excluding carboxylic acids is 1. The van der Waals surface area contributed by atoms with Crippen molar-refractivity contribution in [2.24, 2.45) is 0 Å². The van der Waals surface area contributed by atoms with Crippen molar-refractivity contribution in [1.82, 2.24) is 5.32 Å². The Labute approximate surface area is 180 Å². The number of hydrogen-bond acceptors (Lipinski definition) is 4. The topological polar surface area (TPSA) is 75.7 Å². The molecular weight excluding hydrogens is 400 g/mol. The first-order chi connectivity index (χ1) is 14.1. The number of anilines is 1. The van der Waals surface area contributed by atoms with Crippen LogP contribution >= 0.6 is 0 Å². The van der Waals surface area contributed by atoms with E-state index in [1.54, 1.807) is 30.3 Å². The van der Waals surface area contributed by atoms with E-state index in [0.717, 1.165) is 33.8 Å². The molecule has 0 bridgehead atoms. The summed E-state index contributed by atoms with van der Waals surface area (Å²) in [6.07, 6.45) is 1.76. The summed E-state index contributed by atoms with van der Waals surface area (Å²) < 4.78 is 33.9. The monoisotopic (exact) mass is 432 g/mol. The molecule has 0 aromatic heterocycles. The number of ether oxygens (including phenoxy) is 1. The normalized spacial score (nSPS) is 12.3. The first-order valence-corrected chi connectivity index (χ1v) is 11.6. The fourth-order valence-corrected chi connectivity index (χ4v) is 5.12. The summed E-state index contributed by atoms with van der Waals surface area (Å²) in [5.74, 6) is -0.0972. The molecule has 1 amide bonds. The number of methoxy groups -OCH3 is 1. The fraction of sp³-hybridized carbons (Fsp3) is 0.435. The molecule has 2 rings (SSSR count). The van der Waals surface area contributed by atoms with Gasteiger partial charge in [-0.25, -0.2) is 8.42 Å². The predicted octanol–water partition coefficient (Wildman–Crippen LogP) is 4.12. The molecule has 1 atom stereocenters. The smallest absolute Gasteiger partial charge is 0.268 e. The number of aryl methyl sites for hydroxylation is 3. The Balaban J connectivity index is 2.55. The molecule has 7 heteroatoms. The molecule has 2 aromatic rings. The number of benzene rings is 2. The zero-order valence-corrected chi connectivity index (χ0v) is 19.5. The molecule has 0 radical (unpaired) electrons. The molecule has 0 fully saturated rings. The van der Waals surface area contributed by atoms with E-state index in [1.807, 2.05) is 40.7 Å². The van der Waals surface area contributed by atoms with Gasteiger partial charge in [0.2, 0.25) is 5.91 Å². The first-order valence-electron chi connectivity index (χ1n) is 10.1. The molecule has 0 aliphatic rings. The van der Waals surface area contributed by atoms with E-state index < -0.39 is 10.0 Å². The summed E-state index contributed by atoms with van der Waals surface area (Å²) in [5, 5.41) is 2.90. The lowest BCUT2D eigenvalue weighted by molar-refractivity contribution is -0.120. The van der Waals surface area contributed by atoms with Crippen LogP contribution in [0.5, 0.6) is 5.75 Å². The standard InChI is InChI=1S/C23H32N2O4S/c1-7-8-19(5)24-23(26)15-25(20-12-17(3)11-18(4)13-20)30(27,28)22-14-16(2)9-10-21(22)29-6/h9-14,19H,7-8,15H2,1-6H3,(H,24,26)/t19-/m0/s1. The lowest BCUT2D eigenvalue weighted by Gasteiger charge is -2.26. The van der Waals surface area contributed by atoms with Crippen LogP contribution in [0, 0.1) is 20.8 Å². The van der Waals surface area contributed by atoms with Crippen LogP contribution in [0.15, 0.2) is 41.3 Å². The Kier molecular flexibility index (Phi) is 7.89. The summed E-state index contributed by atoms with van der Waals surface area (Å²) in [6, 6.07) is 10.5. The van der Waals surface area contributed by atoms with Crippen LogP contribution in [0.25, 0.3) is 0 Å². The average molecular weight is 433 g/mol. The zero-order chi connectivity index (χ0) is 22.5. The van der Waals surface area contributed by atoms with Gasteiger partial charge in [-0.2, -0.15) is 0 Å². The number of hydrogen-bond donors (Lipinski definition) is 1. The third-order valence-corrected chi connectivity index (χ3v) is 6.59. The SMILES string of the molecule is CCC[C@H](C)NC(=O)CN(c1cc(C)cc(C)c1)S(=O)(=O)c1cc(C)ccc1OC. The highest BCUT2D eigenvalue weighted by Crippen LogP contribution is 2.31. The van der Waals surface area contributed by atoms with Gasteiger partial charge in [0, 0.05) is 6.04 Å². The van der Waals surface area contributed by atoms with Gasteiger partial charge in [-0.3, -0.25) is 9.10 Å². The van der Waals surface area contributed by atoms with E-state index in [1.165, 1.54) is 7.11 Å². The highest BCUT2D eigenvalue weighted by Gasteiger charge is 2.30. The number of carbonyl (C=O) groups is 1. The third-order valence-electron chi connectivity index (χ3n) is 4.80. The lowest BCUT2D eigenvalue weighted by Crippen LogP contribution is -2.43. The van der Waals surface area contributed by atoms with Crippen molar-refractivity contribution in [2.45, 2.75) is 58.4 Å². The summed E-state index contributed by atoms with van der Waals surface area (Å²) in [4.78, 5) is 12.8. The maximum Gasteiger partial charge on any atom is 0.268 e. The summed E-state index contributed by atoms with van der Waals surface area (Å²) in [5.41, 5.74) is 3.08. The second-order valence-electron chi connectivity index (χ2n) is 7.77. The molecule has 0 unspecified atom stereocenters. The minimum absolute atomic E-state index is 0.0280. The van der Waals surface area contributed by atoms with Crippen molar-refractivity contribution >= 4 is 21.6 Å². The molecule has 1 N–H and O–H groups in total. The van der Waals surface area contributed by atoms with E-state index >= 15 is 0 Å². The Bertz CT molecular complexity index is 982. The molecule has 0 heterocycles. The van der Waals surface area contributed by atoms with Crippen LogP contribution in [0.3, 0.4) is 0 Å². The highest BCUT2D eigenvalue weighted by atomic mass is 32.2. The van der Waals surface area contributed by atoms with E-state index in [-0.39, 0.29) is 29.1 Å². The van der Waals surface area contributed by atoms with Gasteiger partial charge < -0.3 is 10.1 Å². The van der Waals surface area contributed by atoms with Crippen LogP contribution in [0.2, 0.25) is 0 Å². The van der Waals surface area contributed by atoms with E-state index in [2.05, 4.69) is 5.32 Å². The molecule has 0 saturated carbocycles. The van der Waals surface area contributed by atoms with Crippen LogP contribution in [-0.4, -0.2) is 34.0 Å². The van der Waals surface area contributed by atoms with Crippen molar-refractivity contribution in [1.29, 1.82) is 0 Å². The van der Waals surface area contributed by atoms with Crippen LogP contribution in [-0.2, 0) is 14.8 Å². The van der Waals surface area contributed by atoms with Gasteiger partial charge in [0.25, 0.3) is 10.0 Å². The van der Waals surface area contributed by atoms with Gasteiger partial charge in [0.05, 0.1) is 12.8 Å². The van der Waals surface area contributed by atoms with E-state index in [4.69, 9.17) is 4.74 Å². The second kappa shape index (κ2) is 9.98. The average Bonchev–Trinajstić information content (AvgIpc) is 2.65. The van der Waals surface area contributed by atoms with Gasteiger partial charge >= 0.3 is 0 Å². The predicted molar refractivity (Wildman–Crippen MR) is 121 cm³/mol. The Morgan fingerprint density at radius 3 is 2.27 bits per heavy atom. The molecule has 2 aromatic carbocycles. The Hall–Kier alpha value is -2.54. The maximum absolute atomic E-state index is 13.7. The molecule has 164 valence electrons. The van der Waals surface area contributed by atoms with Crippen molar-refractivity contribution in [2.75, 3.05) is 18.0 Å². The van der Waals surface area contributed by atoms with Gasteiger partial charge in [-0.1, -0.05) is 25.5 Å². The van der Waals surface area contributed by atoms with Gasteiger partial charge in [0.15, 0.2) is 0 Å². The van der Waals surface area contributed by atoms with Crippen molar-refractivity contribution in [3.8, 4) is 5.75 Å². The number of nitrogens with zero attached hydrogens (tertiary/aromatic N) is 1. The summed E-state index contributed by atoms with van der Waals surface area (Å²) in [6.45, 7) is 9.27. The molecular formula is C23H32N2O4S. The van der Waals surface area contributed by atoms with Crippen LogP contribution in [0.4, 0.5) is 5.69 Å². The minimum atomic E-state index is -4.05. The lowest BCUT2D eigenvalue weighted by atomic mass is 10.1. The zero-order valence-electron chi connectivity index (χ0n) is 18.7. The van der Waals surface area contributed by atoms with E-state index in [9.17, 15) is 13.2 Å². The number of rotatable bonds is 9. The van der Waals surface area contributed by atoms with Crippen molar-refractivity contribution in [3.63, 3.8) is 0 Å².